The van der Waals surface area contributed by atoms with Gasteiger partial charge in [-0.3, -0.25) is 20.4 Å². The average molecular weight is 396 g/mol. The van der Waals surface area contributed by atoms with Crippen molar-refractivity contribution in [3.8, 4) is 0 Å². The van der Waals surface area contributed by atoms with E-state index in [9.17, 15) is 9.59 Å². The molecule has 1 aromatic carbocycles. The second-order valence-corrected chi connectivity index (χ2v) is 8.29. The van der Waals surface area contributed by atoms with Gasteiger partial charge in [0.1, 0.15) is 5.82 Å². The Hall–Kier alpha value is -2.51. The van der Waals surface area contributed by atoms with Crippen molar-refractivity contribution in [3.63, 3.8) is 0 Å². The van der Waals surface area contributed by atoms with E-state index in [2.05, 4.69) is 52.0 Å². The van der Waals surface area contributed by atoms with E-state index in [0.29, 0.717) is 29.3 Å². The van der Waals surface area contributed by atoms with Crippen molar-refractivity contribution >= 4 is 5.91 Å². The fraction of sp³-hybridized carbons (Fsp3) is 0.500. The van der Waals surface area contributed by atoms with Gasteiger partial charge in [0.2, 0.25) is 5.91 Å². The summed E-state index contributed by atoms with van der Waals surface area (Å²) in [6, 6.07) is 9.12. The SMILES string of the molecule is Cc1cccc(C2CNNC2C2CCN(C(=O)Cc3cnc(C)[nH]c3=O)CC2)c1. The summed E-state index contributed by atoms with van der Waals surface area (Å²) in [5.74, 6) is 1.53. The molecule has 7 heteroatoms. The van der Waals surface area contributed by atoms with Gasteiger partial charge in [-0.25, -0.2) is 4.98 Å². The van der Waals surface area contributed by atoms with Crippen LogP contribution in [0.3, 0.4) is 0 Å². The van der Waals surface area contributed by atoms with Gasteiger partial charge in [-0.05, 0) is 38.2 Å². The molecule has 2 unspecified atom stereocenters. The Morgan fingerprint density at radius 3 is 2.76 bits per heavy atom. The molecule has 4 rings (SSSR count). The highest BCUT2D eigenvalue weighted by Crippen LogP contribution is 2.32. The number of carbonyl (C=O) groups is 1. The number of H-pyrrole nitrogens is 1. The topological polar surface area (TPSA) is 90.1 Å². The molecule has 2 aliphatic heterocycles. The third-order valence-corrected chi connectivity index (χ3v) is 6.24. The van der Waals surface area contributed by atoms with Gasteiger partial charge in [0.25, 0.3) is 5.56 Å². The molecule has 1 amide bonds. The molecule has 2 saturated heterocycles. The van der Waals surface area contributed by atoms with Gasteiger partial charge in [0.15, 0.2) is 0 Å². The van der Waals surface area contributed by atoms with Crippen molar-refractivity contribution in [2.45, 2.75) is 45.1 Å². The van der Waals surface area contributed by atoms with Crippen molar-refractivity contribution < 1.29 is 4.79 Å². The molecule has 0 bridgehead atoms. The standard InChI is InChI=1S/C22H29N5O2/c1-14-4-3-5-17(10-14)19-13-24-26-21(19)16-6-8-27(9-7-16)20(28)11-18-12-23-15(2)25-22(18)29/h3-5,10,12,16,19,21,24,26H,6-9,11,13H2,1-2H3,(H,23,25,29). The summed E-state index contributed by atoms with van der Waals surface area (Å²) < 4.78 is 0. The molecule has 3 heterocycles. The molecule has 154 valence electrons. The minimum Gasteiger partial charge on any atom is -0.342 e. The van der Waals surface area contributed by atoms with Crippen LogP contribution in [0.2, 0.25) is 0 Å². The Morgan fingerprint density at radius 2 is 2.03 bits per heavy atom. The van der Waals surface area contributed by atoms with E-state index in [1.807, 2.05) is 4.90 Å². The molecule has 0 radical (unpaired) electrons. The number of aromatic nitrogens is 2. The first-order valence-corrected chi connectivity index (χ1v) is 10.4. The Morgan fingerprint density at radius 1 is 1.24 bits per heavy atom. The average Bonchev–Trinajstić information content (AvgIpc) is 3.20. The van der Waals surface area contributed by atoms with Crippen molar-refractivity contribution in [3.05, 3.63) is 63.3 Å². The van der Waals surface area contributed by atoms with E-state index < -0.39 is 0 Å². The van der Waals surface area contributed by atoms with E-state index in [-0.39, 0.29) is 17.9 Å². The number of hydrogen-bond donors (Lipinski definition) is 3. The van der Waals surface area contributed by atoms with Gasteiger partial charge in [-0.1, -0.05) is 29.8 Å². The van der Waals surface area contributed by atoms with Crippen molar-refractivity contribution in [1.29, 1.82) is 0 Å². The predicted octanol–water partition coefficient (Wildman–Crippen LogP) is 1.43. The summed E-state index contributed by atoms with van der Waals surface area (Å²) >= 11 is 0. The van der Waals surface area contributed by atoms with Crippen LogP contribution in [0.1, 0.15) is 41.3 Å². The number of likely N-dealkylation sites (tertiary alicyclic amines) is 1. The normalized spacial score (nSPS) is 22.8. The maximum atomic E-state index is 12.7. The largest absolute Gasteiger partial charge is 0.342 e. The molecular weight excluding hydrogens is 366 g/mol. The molecule has 0 spiro atoms. The number of aromatic amines is 1. The lowest BCUT2D eigenvalue weighted by atomic mass is 9.80. The summed E-state index contributed by atoms with van der Waals surface area (Å²) in [6.07, 6.45) is 3.56. The summed E-state index contributed by atoms with van der Waals surface area (Å²) in [5, 5.41) is 0. The first-order chi connectivity index (χ1) is 14.0. The number of amides is 1. The molecule has 3 N–H and O–H groups in total. The van der Waals surface area contributed by atoms with E-state index in [1.54, 1.807) is 6.92 Å². The smallest absolute Gasteiger partial charge is 0.254 e. The fourth-order valence-electron chi connectivity index (χ4n) is 4.61. The summed E-state index contributed by atoms with van der Waals surface area (Å²) in [5.41, 5.74) is 9.70. The van der Waals surface area contributed by atoms with Crippen molar-refractivity contribution in [2.75, 3.05) is 19.6 Å². The molecule has 7 nitrogen and oxygen atoms in total. The van der Waals surface area contributed by atoms with Gasteiger partial charge in [-0.2, -0.15) is 0 Å². The van der Waals surface area contributed by atoms with Crippen LogP contribution in [-0.2, 0) is 11.2 Å². The van der Waals surface area contributed by atoms with E-state index in [0.717, 1.165) is 32.5 Å². The summed E-state index contributed by atoms with van der Waals surface area (Å²) in [7, 11) is 0. The van der Waals surface area contributed by atoms with E-state index in [4.69, 9.17) is 0 Å². The molecule has 2 atom stereocenters. The van der Waals surface area contributed by atoms with Gasteiger partial charge < -0.3 is 9.88 Å². The highest BCUT2D eigenvalue weighted by atomic mass is 16.2. The quantitative estimate of drug-likeness (QED) is 0.729. The number of nitrogens with zero attached hydrogens (tertiary/aromatic N) is 2. The van der Waals surface area contributed by atoms with E-state index >= 15 is 0 Å². The zero-order chi connectivity index (χ0) is 20.4. The lowest BCUT2D eigenvalue weighted by Gasteiger charge is -2.36. The Labute approximate surface area is 170 Å². The molecule has 2 aromatic rings. The molecule has 0 saturated carbocycles. The first kappa shape index (κ1) is 19.8. The van der Waals surface area contributed by atoms with Crippen LogP contribution in [0.4, 0.5) is 0 Å². The fourth-order valence-corrected chi connectivity index (χ4v) is 4.61. The lowest BCUT2D eigenvalue weighted by Crippen LogP contribution is -2.46. The molecular formula is C22H29N5O2. The van der Waals surface area contributed by atoms with Crippen LogP contribution in [0.15, 0.2) is 35.3 Å². The molecule has 2 aliphatic rings. The number of carbonyl (C=O) groups excluding carboxylic acids is 1. The van der Waals surface area contributed by atoms with Crippen LogP contribution in [-0.4, -0.2) is 46.5 Å². The van der Waals surface area contributed by atoms with Gasteiger partial charge in [0.05, 0.1) is 6.42 Å². The summed E-state index contributed by atoms with van der Waals surface area (Å²) in [4.78, 5) is 33.3. The van der Waals surface area contributed by atoms with Crippen LogP contribution in [0.25, 0.3) is 0 Å². The molecule has 1 aromatic heterocycles. The summed E-state index contributed by atoms with van der Waals surface area (Å²) in [6.45, 7) is 6.26. The third-order valence-electron chi connectivity index (χ3n) is 6.24. The van der Waals surface area contributed by atoms with E-state index in [1.165, 1.54) is 17.3 Å². The van der Waals surface area contributed by atoms with Gasteiger partial charge in [-0.15, -0.1) is 0 Å². The van der Waals surface area contributed by atoms with Crippen LogP contribution in [0.5, 0.6) is 0 Å². The number of hydrazine groups is 1. The third kappa shape index (κ3) is 4.41. The second-order valence-electron chi connectivity index (χ2n) is 8.29. The van der Waals surface area contributed by atoms with Crippen LogP contribution >= 0.6 is 0 Å². The maximum absolute atomic E-state index is 12.7. The number of piperidine rings is 1. The number of benzene rings is 1. The van der Waals surface area contributed by atoms with Crippen LogP contribution in [0, 0.1) is 19.8 Å². The Kier molecular flexibility index (Phi) is 5.78. The molecule has 0 aliphatic carbocycles. The van der Waals surface area contributed by atoms with Crippen molar-refractivity contribution in [1.82, 2.24) is 25.7 Å². The molecule has 2 fully saturated rings. The lowest BCUT2D eigenvalue weighted by molar-refractivity contribution is -0.132. The predicted molar refractivity (Wildman–Crippen MR) is 111 cm³/mol. The minimum atomic E-state index is -0.219. The highest BCUT2D eigenvalue weighted by molar-refractivity contribution is 5.78. The first-order valence-electron chi connectivity index (χ1n) is 10.4. The zero-order valence-corrected chi connectivity index (χ0v) is 17.1. The number of nitrogens with one attached hydrogen (secondary N) is 3. The van der Waals surface area contributed by atoms with Gasteiger partial charge >= 0.3 is 0 Å². The number of rotatable bonds is 4. The maximum Gasteiger partial charge on any atom is 0.254 e. The van der Waals surface area contributed by atoms with Crippen LogP contribution < -0.4 is 16.4 Å². The highest BCUT2D eigenvalue weighted by Gasteiger charge is 2.36. The van der Waals surface area contributed by atoms with Gasteiger partial charge in [0, 0.05) is 43.4 Å². The Bertz CT molecular complexity index is 933. The number of hydrogen-bond acceptors (Lipinski definition) is 5. The van der Waals surface area contributed by atoms with Crippen molar-refractivity contribution in [2.24, 2.45) is 5.92 Å². The minimum absolute atomic E-state index is 0.00680. The molecule has 29 heavy (non-hydrogen) atoms. The monoisotopic (exact) mass is 395 g/mol. The zero-order valence-electron chi connectivity index (χ0n) is 17.1. The number of aryl methyl sites for hydroxylation is 2. The second kappa shape index (κ2) is 8.47. The Balaban J connectivity index is 1.36.